The minimum atomic E-state index is -1.60. The molecule has 6 unspecified atom stereocenters. The monoisotopic (exact) mass is 600 g/mol. The average molecular weight is 601 g/mol. The highest BCUT2D eigenvalue weighted by molar-refractivity contribution is 5.84. The summed E-state index contributed by atoms with van der Waals surface area (Å²) in [6, 6.07) is 0. The molecule has 0 amide bonds. The summed E-state index contributed by atoms with van der Waals surface area (Å²) in [7, 11) is 0. The Balaban J connectivity index is 2.95. The van der Waals surface area contributed by atoms with Gasteiger partial charge in [-0.2, -0.15) is 0 Å². The van der Waals surface area contributed by atoms with Gasteiger partial charge in [0.2, 0.25) is 0 Å². The molecule has 0 saturated heterocycles. The van der Waals surface area contributed by atoms with Crippen LogP contribution in [-0.2, 0) is 9.59 Å². The Morgan fingerprint density at radius 2 is 0.860 bits per heavy atom. The first kappa shape index (κ1) is 37.0. The van der Waals surface area contributed by atoms with Crippen LogP contribution in [0, 0.1) is 44.3 Å². The number of hydrogen-bond donors (Lipinski definition) is 4. The van der Waals surface area contributed by atoms with Crippen molar-refractivity contribution >= 4 is 11.9 Å². The van der Waals surface area contributed by atoms with Crippen LogP contribution in [0.5, 0.6) is 0 Å². The van der Waals surface area contributed by atoms with Gasteiger partial charge in [0.05, 0.1) is 22.0 Å². The van der Waals surface area contributed by atoms with E-state index in [-0.39, 0.29) is 6.42 Å². The minimum Gasteiger partial charge on any atom is -0.481 e. The first-order chi connectivity index (χ1) is 18.7. The highest BCUT2D eigenvalue weighted by Crippen LogP contribution is 2.56. The molecule has 0 spiro atoms. The van der Waals surface area contributed by atoms with Crippen molar-refractivity contribution in [1.29, 1.82) is 0 Å². The smallest absolute Gasteiger partial charge is 0.313 e. The second-order valence-electron chi connectivity index (χ2n) is 18.3. The molecule has 4 N–H and O–H groups in total. The van der Waals surface area contributed by atoms with E-state index in [1.165, 1.54) is 0 Å². The molecular formula is C37H60O6. The van der Waals surface area contributed by atoms with E-state index in [0.717, 1.165) is 11.1 Å². The molecule has 43 heavy (non-hydrogen) atoms. The Morgan fingerprint density at radius 1 is 0.605 bits per heavy atom. The van der Waals surface area contributed by atoms with Gasteiger partial charge >= 0.3 is 11.9 Å². The predicted molar refractivity (Wildman–Crippen MR) is 174 cm³/mol. The number of carboxylic acid groups (broad SMARTS) is 2. The van der Waals surface area contributed by atoms with Crippen LogP contribution in [-0.4, -0.2) is 43.6 Å². The van der Waals surface area contributed by atoms with Crippen molar-refractivity contribution < 1.29 is 30.0 Å². The molecule has 6 heteroatoms. The van der Waals surface area contributed by atoms with E-state index in [2.05, 4.69) is 0 Å². The minimum absolute atomic E-state index is 0.220. The largest absolute Gasteiger partial charge is 0.481 e. The van der Waals surface area contributed by atoms with E-state index in [9.17, 15) is 30.0 Å². The van der Waals surface area contributed by atoms with Crippen LogP contribution in [0.4, 0.5) is 0 Å². The SMILES string of the molecule is CC(C)(C)C1=CC(C(C)(CC(C)(C(=O)O)C2=CC(C(C)(C)C)C(C)(O)C(C(C)(C)C)=C2)C(=O)O)=CC(C(C)(C)C)C1(C)O. The fourth-order valence-corrected chi connectivity index (χ4v) is 7.85. The molecule has 244 valence electrons. The first-order valence-corrected chi connectivity index (χ1v) is 15.6. The number of carbonyl (C=O) groups is 2. The lowest BCUT2D eigenvalue weighted by Crippen LogP contribution is -2.50. The number of hydrogen-bond acceptors (Lipinski definition) is 4. The van der Waals surface area contributed by atoms with E-state index < -0.39 is 67.5 Å². The molecule has 2 aliphatic carbocycles. The number of rotatable bonds is 6. The van der Waals surface area contributed by atoms with Crippen molar-refractivity contribution in [2.24, 2.45) is 44.3 Å². The summed E-state index contributed by atoms with van der Waals surface area (Å²) in [4.78, 5) is 26.7. The van der Waals surface area contributed by atoms with Gasteiger partial charge in [0.15, 0.2) is 0 Å². The number of allylic oxidation sites excluding steroid dienone is 2. The predicted octanol–water partition coefficient (Wildman–Crippen LogP) is 8.21. The van der Waals surface area contributed by atoms with Gasteiger partial charge in [-0.15, -0.1) is 0 Å². The topological polar surface area (TPSA) is 115 Å². The Labute approximate surface area is 261 Å². The van der Waals surface area contributed by atoms with E-state index in [0.29, 0.717) is 11.1 Å². The van der Waals surface area contributed by atoms with Crippen LogP contribution in [0.1, 0.15) is 117 Å². The van der Waals surface area contributed by atoms with E-state index in [1.54, 1.807) is 39.8 Å². The fourth-order valence-electron chi connectivity index (χ4n) is 7.85. The zero-order chi connectivity index (χ0) is 34.2. The van der Waals surface area contributed by atoms with E-state index >= 15 is 0 Å². The summed E-state index contributed by atoms with van der Waals surface area (Å²) in [5.74, 6) is -3.07. The lowest BCUT2D eigenvalue weighted by molar-refractivity contribution is -0.152. The molecule has 0 fully saturated rings. The lowest BCUT2D eigenvalue weighted by Gasteiger charge is -2.50. The molecule has 2 aliphatic rings. The number of aliphatic carboxylic acids is 2. The molecule has 0 aromatic carbocycles. The maximum absolute atomic E-state index is 13.3. The molecule has 6 nitrogen and oxygen atoms in total. The van der Waals surface area contributed by atoms with Gasteiger partial charge in [-0.1, -0.05) is 107 Å². The zero-order valence-corrected chi connectivity index (χ0v) is 29.8. The van der Waals surface area contributed by atoms with Gasteiger partial charge in [-0.25, -0.2) is 0 Å². The maximum Gasteiger partial charge on any atom is 0.313 e. The second kappa shape index (κ2) is 10.7. The standard InChI is InChI=1S/C37H60O6/c1-30(2,3)24-17-22(18-25(31(4,5)6)36(24,15)42)34(13,28(38)39)21-35(14,29(40)41)23-19-26(32(7,8)9)37(16,43)27(20-23)33(10,11)12/h17-20,24,26,42-43H,21H2,1-16H3,(H,38,39)(H,40,41). The Hall–Kier alpha value is -2.18. The van der Waals surface area contributed by atoms with Crippen LogP contribution in [0.25, 0.3) is 0 Å². The third-order valence-electron chi connectivity index (χ3n) is 10.0. The van der Waals surface area contributed by atoms with Gasteiger partial charge in [-0.05, 0) is 78.1 Å². The molecule has 0 heterocycles. The van der Waals surface area contributed by atoms with Crippen molar-refractivity contribution in [3.05, 3.63) is 46.6 Å². The van der Waals surface area contributed by atoms with Crippen molar-refractivity contribution in [2.75, 3.05) is 0 Å². The zero-order valence-electron chi connectivity index (χ0n) is 29.8. The Bertz CT molecular complexity index is 1160. The van der Waals surface area contributed by atoms with Crippen molar-refractivity contribution in [3.63, 3.8) is 0 Å². The molecule has 0 aromatic rings. The lowest BCUT2D eigenvalue weighted by atomic mass is 9.55. The maximum atomic E-state index is 13.3. The van der Waals surface area contributed by atoms with E-state index in [4.69, 9.17) is 0 Å². The van der Waals surface area contributed by atoms with Gasteiger partial charge in [0.1, 0.15) is 0 Å². The number of carboxylic acids is 2. The molecule has 2 rings (SSSR count). The summed E-state index contributed by atoms with van der Waals surface area (Å²) in [6.45, 7) is 30.9. The fraction of sp³-hybridized carbons (Fsp3) is 0.730. The number of aliphatic hydroxyl groups is 2. The Kier molecular flexibility index (Phi) is 9.23. The van der Waals surface area contributed by atoms with Crippen molar-refractivity contribution in [3.8, 4) is 0 Å². The van der Waals surface area contributed by atoms with E-state index in [1.807, 2.05) is 95.2 Å². The van der Waals surface area contributed by atoms with Crippen LogP contribution in [0.15, 0.2) is 46.6 Å². The molecule has 0 bridgehead atoms. The normalized spacial score (nSPS) is 30.3. The van der Waals surface area contributed by atoms with Gasteiger partial charge in [-0.3, -0.25) is 9.59 Å². The molecule has 0 radical (unpaired) electrons. The summed E-state index contributed by atoms with van der Waals surface area (Å²) in [5, 5.41) is 45.5. The third-order valence-corrected chi connectivity index (χ3v) is 10.0. The summed E-state index contributed by atoms with van der Waals surface area (Å²) in [5.41, 5.74) is -4.96. The van der Waals surface area contributed by atoms with Gasteiger partial charge < -0.3 is 20.4 Å². The average Bonchev–Trinajstić information content (AvgIpc) is 2.74. The molecular weight excluding hydrogens is 540 g/mol. The van der Waals surface area contributed by atoms with Crippen LogP contribution >= 0.6 is 0 Å². The van der Waals surface area contributed by atoms with Crippen LogP contribution < -0.4 is 0 Å². The summed E-state index contributed by atoms with van der Waals surface area (Å²) in [6.07, 6.45) is 7.10. The molecule has 6 atom stereocenters. The van der Waals surface area contributed by atoms with Crippen LogP contribution in [0.2, 0.25) is 0 Å². The van der Waals surface area contributed by atoms with Gasteiger partial charge in [0.25, 0.3) is 0 Å². The second-order valence-corrected chi connectivity index (χ2v) is 18.3. The third kappa shape index (κ3) is 6.76. The van der Waals surface area contributed by atoms with Gasteiger partial charge in [0, 0.05) is 11.8 Å². The summed E-state index contributed by atoms with van der Waals surface area (Å²) >= 11 is 0. The summed E-state index contributed by atoms with van der Waals surface area (Å²) < 4.78 is 0. The quantitative estimate of drug-likeness (QED) is 0.244. The van der Waals surface area contributed by atoms with Crippen molar-refractivity contribution in [2.45, 2.75) is 128 Å². The molecule has 0 aromatic heterocycles. The first-order valence-electron chi connectivity index (χ1n) is 15.6. The Morgan fingerprint density at radius 3 is 1.05 bits per heavy atom. The van der Waals surface area contributed by atoms with Crippen molar-refractivity contribution in [1.82, 2.24) is 0 Å². The highest BCUT2D eigenvalue weighted by Gasteiger charge is 2.55. The van der Waals surface area contributed by atoms with Crippen LogP contribution in [0.3, 0.4) is 0 Å². The highest BCUT2D eigenvalue weighted by atomic mass is 16.4. The molecule has 0 aliphatic heterocycles. The molecule has 0 saturated carbocycles.